The molecule has 0 unspecified atom stereocenters. The molecule has 0 saturated heterocycles. The molecule has 0 spiro atoms. The van der Waals surface area contributed by atoms with Crippen LogP contribution in [0.1, 0.15) is 47.1 Å². The highest BCUT2D eigenvalue weighted by atomic mass is 16.5. The standard InChI is InChI=1S/C24H29N3O5/c1-5-25-22(29)17-10-8-11-18(13-17)26-20(28)14-32-24(31)21(15(2)3)27-23(30)19-12-7-6-9-16(19)4/h6-13,15,21H,5,14H2,1-4H3,(H,25,29)(H,26,28)(H,27,30)/t21-/m0/s1. The highest BCUT2D eigenvalue weighted by Crippen LogP contribution is 2.12. The molecule has 2 rings (SSSR count). The monoisotopic (exact) mass is 439 g/mol. The zero-order valence-electron chi connectivity index (χ0n) is 18.7. The van der Waals surface area contributed by atoms with Crippen LogP contribution in [-0.2, 0) is 14.3 Å². The first-order valence-corrected chi connectivity index (χ1v) is 10.4. The number of anilines is 1. The Labute approximate surface area is 187 Å². The Morgan fingerprint density at radius 1 is 0.969 bits per heavy atom. The van der Waals surface area contributed by atoms with Gasteiger partial charge in [-0.1, -0.05) is 38.1 Å². The maximum absolute atomic E-state index is 12.6. The van der Waals surface area contributed by atoms with Crippen LogP contribution in [0.3, 0.4) is 0 Å². The van der Waals surface area contributed by atoms with E-state index in [1.165, 1.54) is 6.07 Å². The summed E-state index contributed by atoms with van der Waals surface area (Å²) in [7, 11) is 0. The van der Waals surface area contributed by atoms with E-state index in [1.807, 2.05) is 26.0 Å². The molecule has 0 aliphatic heterocycles. The molecule has 2 aromatic rings. The molecule has 0 aromatic heterocycles. The molecule has 8 heteroatoms. The minimum absolute atomic E-state index is 0.243. The Balaban J connectivity index is 1.95. The van der Waals surface area contributed by atoms with Crippen molar-refractivity contribution in [1.29, 1.82) is 0 Å². The fourth-order valence-electron chi connectivity index (χ4n) is 2.97. The molecule has 8 nitrogen and oxygen atoms in total. The molecule has 0 fully saturated rings. The summed E-state index contributed by atoms with van der Waals surface area (Å²) in [6, 6.07) is 12.6. The predicted octanol–water partition coefficient (Wildman–Crippen LogP) is 2.68. The SMILES string of the molecule is CCNC(=O)c1cccc(NC(=O)COC(=O)[C@@H](NC(=O)c2ccccc2C)C(C)C)c1. The highest BCUT2D eigenvalue weighted by molar-refractivity contribution is 5.99. The molecule has 1 atom stereocenters. The third-order valence-electron chi connectivity index (χ3n) is 4.69. The van der Waals surface area contributed by atoms with Crippen LogP contribution in [0.4, 0.5) is 5.69 Å². The zero-order valence-corrected chi connectivity index (χ0v) is 18.7. The highest BCUT2D eigenvalue weighted by Gasteiger charge is 2.27. The first kappa shape index (κ1) is 24.6. The number of benzene rings is 2. The van der Waals surface area contributed by atoms with Gasteiger partial charge < -0.3 is 20.7 Å². The number of aryl methyl sites for hydroxylation is 1. The van der Waals surface area contributed by atoms with Gasteiger partial charge in [-0.2, -0.15) is 0 Å². The first-order valence-electron chi connectivity index (χ1n) is 10.4. The van der Waals surface area contributed by atoms with Crippen LogP contribution >= 0.6 is 0 Å². The molecule has 32 heavy (non-hydrogen) atoms. The summed E-state index contributed by atoms with van der Waals surface area (Å²) in [6.45, 7) is 7.14. The van der Waals surface area contributed by atoms with Gasteiger partial charge in [0, 0.05) is 23.4 Å². The van der Waals surface area contributed by atoms with Gasteiger partial charge in [-0.15, -0.1) is 0 Å². The van der Waals surface area contributed by atoms with E-state index in [9.17, 15) is 19.2 Å². The van der Waals surface area contributed by atoms with Gasteiger partial charge in [0.05, 0.1) is 0 Å². The predicted molar refractivity (Wildman–Crippen MR) is 121 cm³/mol. The average Bonchev–Trinajstić information content (AvgIpc) is 2.76. The number of ether oxygens (including phenoxy) is 1. The van der Waals surface area contributed by atoms with E-state index in [0.717, 1.165) is 5.56 Å². The van der Waals surface area contributed by atoms with Crippen molar-refractivity contribution in [3.63, 3.8) is 0 Å². The van der Waals surface area contributed by atoms with Crippen LogP contribution in [0.2, 0.25) is 0 Å². The molecule has 170 valence electrons. The van der Waals surface area contributed by atoms with Crippen molar-refractivity contribution in [2.75, 3.05) is 18.5 Å². The zero-order chi connectivity index (χ0) is 23.7. The third-order valence-corrected chi connectivity index (χ3v) is 4.69. The number of carbonyl (C=O) groups excluding carboxylic acids is 4. The molecule has 0 saturated carbocycles. The van der Waals surface area contributed by atoms with Gasteiger partial charge in [0.1, 0.15) is 6.04 Å². The van der Waals surface area contributed by atoms with Crippen molar-refractivity contribution in [3.05, 3.63) is 65.2 Å². The third kappa shape index (κ3) is 6.94. The number of esters is 1. The molecule has 3 N–H and O–H groups in total. The summed E-state index contributed by atoms with van der Waals surface area (Å²) in [5, 5.41) is 7.96. The summed E-state index contributed by atoms with van der Waals surface area (Å²) < 4.78 is 5.14. The van der Waals surface area contributed by atoms with Gasteiger partial charge in [-0.05, 0) is 49.6 Å². The summed E-state index contributed by atoms with van der Waals surface area (Å²) in [6.07, 6.45) is 0. The Morgan fingerprint density at radius 3 is 2.34 bits per heavy atom. The van der Waals surface area contributed by atoms with E-state index in [2.05, 4.69) is 16.0 Å². The largest absolute Gasteiger partial charge is 0.454 e. The summed E-state index contributed by atoms with van der Waals surface area (Å²) >= 11 is 0. The lowest BCUT2D eigenvalue weighted by atomic mass is 10.0. The lowest BCUT2D eigenvalue weighted by molar-refractivity contribution is -0.150. The van der Waals surface area contributed by atoms with Crippen molar-refractivity contribution in [1.82, 2.24) is 10.6 Å². The van der Waals surface area contributed by atoms with Crippen LogP contribution in [0.5, 0.6) is 0 Å². The minimum Gasteiger partial charge on any atom is -0.454 e. The molecule has 0 heterocycles. The second-order valence-electron chi connectivity index (χ2n) is 7.61. The Kier molecular flexibility index (Phi) is 8.95. The lowest BCUT2D eigenvalue weighted by Crippen LogP contribution is -2.46. The fourth-order valence-corrected chi connectivity index (χ4v) is 2.97. The molecular formula is C24H29N3O5. The van der Waals surface area contributed by atoms with E-state index in [4.69, 9.17) is 4.74 Å². The molecule has 0 radical (unpaired) electrons. The van der Waals surface area contributed by atoms with Crippen molar-refractivity contribution in [2.45, 2.75) is 33.7 Å². The van der Waals surface area contributed by atoms with E-state index >= 15 is 0 Å². The molecule has 3 amide bonds. The van der Waals surface area contributed by atoms with Crippen LogP contribution in [0.15, 0.2) is 48.5 Å². The maximum atomic E-state index is 12.6. The van der Waals surface area contributed by atoms with Crippen molar-refractivity contribution < 1.29 is 23.9 Å². The molecular weight excluding hydrogens is 410 g/mol. The molecule has 2 aromatic carbocycles. The topological polar surface area (TPSA) is 114 Å². The Morgan fingerprint density at radius 2 is 1.69 bits per heavy atom. The van der Waals surface area contributed by atoms with Crippen LogP contribution in [0.25, 0.3) is 0 Å². The second-order valence-corrected chi connectivity index (χ2v) is 7.61. The van der Waals surface area contributed by atoms with Crippen LogP contribution in [-0.4, -0.2) is 42.9 Å². The van der Waals surface area contributed by atoms with Crippen LogP contribution in [0, 0.1) is 12.8 Å². The van der Waals surface area contributed by atoms with Gasteiger partial charge in [0.15, 0.2) is 6.61 Å². The quantitative estimate of drug-likeness (QED) is 0.520. The van der Waals surface area contributed by atoms with Crippen molar-refractivity contribution in [2.24, 2.45) is 5.92 Å². The number of rotatable bonds is 9. The second kappa shape index (κ2) is 11.6. The average molecular weight is 440 g/mol. The molecule has 0 bridgehead atoms. The molecule has 0 aliphatic rings. The summed E-state index contributed by atoms with van der Waals surface area (Å²) in [4.78, 5) is 49.3. The number of hydrogen-bond donors (Lipinski definition) is 3. The first-order chi connectivity index (χ1) is 15.2. The normalized spacial score (nSPS) is 11.4. The van der Waals surface area contributed by atoms with Gasteiger partial charge in [-0.25, -0.2) is 4.79 Å². The fraction of sp³-hybridized carbons (Fsp3) is 0.333. The maximum Gasteiger partial charge on any atom is 0.329 e. The van der Waals surface area contributed by atoms with Crippen molar-refractivity contribution in [3.8, 4) is 0 Å². The van der Waals surface area contributed by atoms with E-state index in [1.54, 1.807) is 44.2 Å². The summed E-state index contributed by atoms with van der Waals surface area (Å²) in [5.74, 6) is -2.14. The summed E-state index contributed by atoms with van der Waals surface area (Å²) in [5.41, 5.74) is 2.06. The van der Waals surface area contributed by atoms with E-state index in [-0.39, 0.29) is 17.7 Å². The van der Waals surface area contributed by atoms with E-state index < -0.39 is 24.5 Å². The number of nitrogens with one attached hydrogen (secondary N) is 3. The van der Waals surface area contributed by atoms with Gasteiger partial charge in [-0.3, -0.25) is 14.4 Å². The number of hydrogen-bond acceptors (Lipinski definition) is 5. The Hall–Kier alpha value is -3.68. The van der Waals surface area contributed by atoms with Gasteiger partial charge in [0.25, 0.3) is 17.7 Å². The lowest BCUT2D eigenvalue weighted by Gasteiger charge is -2.21. The Bertz CT molecular complexity index is 987. The minimum atomic E-state index is -0.907. The van der Waals surface area contributed by atoms with E-state index in [0.29, 0.717) is 23.4 Å². The van der Waals surface area contributed by atoms with Crippen molar-refractivity contribution >= 4 is 29.4 Å². The number of carbonyl (C=O) groups is 4. The van der Waals surface area contributed by atoms with Gasteiger partial charge in [0.2, 0.25) is 0 Å². The molecule has 0 aliphatic carbocycles. The number of amides is 3. The van der Waals surface area contributed by atoms with Crippen LogP contribution < -0.4 is 16.0 Å². The van der Waals surface area contributed by atoms with Gasteiger partial charge >= 0.3 is 5.97 Å². The smallest absolute Gasteiger partial charge is 0.329 e.